The number of aryl methyl sites for hydroxylation is 1. The van der Waals surface area contributed by atoms with E-state index in [0.717, 1.165) is 24.5 Å². The zero-order valence-corrected chi connectivity index (χ0v) is 8.94. The highest BCUT2D eigenvalue weighted by Crippen LogP contribution is 2.01. The molecule has 0 aliphatic rings. The van der Waals surface area contributed by atoms with Gasteiger partial charge in [0.05, 0.1) is 13.2 Å². The highest BCUT2D eigenvalue weighted by molar-refractivity contribution is 5.33. The van der Waals surface area contributed by atoms with Crippen molar-refractivity contribution in [2.45, 2.75) is 13.3 Å². The van der Waals surface area contributed by atoms with E-state index in [9.17, 15) is 0 Å². The Morgan fingerprint density at radius 1 is 1.40 bits per heavy atom. The lowest BCUT2D eigenvalue weighted by Crippen LogP contribution is -2.08. The van der Waals surface area contributed by atoms with Gasteiger partial charge in [-0.05, 0) is 13.3 Å². The number of aliphatic hydroxyl groups excluding tert-OH is 1. The number of aromatic nitrogens is 2. The molecule has 84 valence electrons. The van der Waals surface area contributed by atoms with Gasteiger partial charge in [-0.15, -0.1) is 0 Å². The molecule has 0 bridgehead atoms. The number of hydrogen-bond donors (Lipinski definition) is 2. The van der Waals surface area contributed by atoms with Gasteiger partial charge in [0, 0.05) is 24.9 Å². The first-order chi connectivity index (χ1) is 7.33. The lowest BCUT2D eigenvalue weighted by Gasteiger charge is -2.05. The fourth-order valence-corrected chi connectivity index (χ4v) is 1.11. The van der Waals surface area contributed by atoms with E-state index in [1.165, 1.54) is 0 Å². The summed E-state index contributed by atoms with van der Waals surface area (Å²) in [6, 6.07) is 1.90. The Labute approximate surface area is 89.5 Å². The first kappa shape index (κ1) is 11.9. The van der Waals surface area contributed by atoms with Crippen molar-refractivity contribution in [2.24, 2.45) is 0 Å². The maximum absolute atomic E-state index is 8.47. The lowest BCUT2D eigenvalue weighted by atomic mass is 10.4. The minimum absolute atomic E-state index is 0.0819. The van der Waals surface area contributed by atoms with Crippen LogP contribution in [0.5, 0.6) is 0 Å². The Morgan fingerprint density at radius 2 is 2.27 bits per heavy atom. The van der Waals surface area contributed by atoms with Gasteiger partial charge in [0.25, 0.3) is 0 Å². The molecule has 0 aromatic carbocycles. The van der Waals surface area contributed by atoms with Gasteiger partial charge in [0.1, 0.15) is 12.1 Å². The fraction of sp³-hybridized carbons (Fsp3) is 0.600. The van der Waals surface area contributed by atoms with Gasteiger partial charge in [-0.2, -0.15) is 0 Å². The molecule has 1 heterocycles. The van der Waals surface area contributed by atoms with Crippen molar-refractivity contribution in [1.82, 2.24) is 9.97 Å². The Balaban J connectivity index is 2.10. The molecule has 0 saturated heterocycles. The number of anilines is 1. The quantitative estimate of drug-likeness (QED) is 0.646. The molecule has 15 heavy (non-hydrogen) atoms. The molecule has 0 unspecified atom stereocenters. The van der Waals surface area contributed by atoms with Crippen LogP contribution in [0.15, 0.2) is 12.4 Å². The summed E-state index contributed by atoms with van der Waals surface area (Å²) >= 11 is 0. The minimum atomic E-state index is 0.0819. The molecule has 5 heteroatoms. The number of aliphatic hydroxyl groups is 1. The van der Waals surface area contributed by atoms with Gasteiger partial charge in [0.2, 0.25) is 0 Å². The molecular weight excluding hydrogens is 194 g/mol. The van der Waals surface area contributed by atoms with E-state index in [1.54, 1.807) is 6.33 Å². The summed E-state index contributed by atoms with van der Waals surface area (Å²) in [5.74, 6) is 0.838. The molecule has 1 rings (SSSR count). The summed E-state index contributed by atoms with van der Waals surface area (Å²) in [7, 11) is 0. The number of ether oxygens (including phenoxy) is 1. The van der Waals surface area contributed by atoms with Crippen molar-refractivity contribution < 1.29 is 9.84 Å². The molecule has 0 radical (unpaired) electrons. The van der Waals surface area contributed by atoms with E-state index >= 15 is 0 Å². The number of hydrogen-bond acceptors (Lipinski definition) is 5. The first-order valence-corrected chi connectivity index (χ1v) is 5.04. The first-order valence-electron chi connectivity index (χ1n) is 5.04. The summed E-state index contributed by atoms with van der Waals surface area (Å²) in [4.78, 5) is 8.08. The monoisotopic (exact) mass is 211 g/mol. The van der Waals surface area contributed by atoms with Gasteiger partial charge in [-0.3, -0.25) is 0 Å². The molecule has 0 atom stereocenters. The van der Waals surface area contributed by atoms with Crippen LogP contribution in [0.25, 0.3) is 0 Å². The number of nitrogens with zero attached hydrogens (tertiary/aromatic N) is 2. The third-order valence-electron chi connectivity index (χ3n) is 1.81. The highest BCUT2D eigenvalue weighted by Gasteiger charge is 1.94. The van der Waals surface area contributed by atoms with Crippen molar-refractivity contribution in [3.05, 3.63) is 18.1 Å². The van der Waals surface area contributed by atoms with Crippen LogP contribution in [0.1, 0.15) is 12.1 Å². The molecular formula is C10H17N3O2. The summed E-state index contributed by atoms with van der Waals surface area (Å²) in [6.45, 7) is 3.88. The van der Waals surface area contributed by atoms with E-state index in [0.29, 0.717) is 13.2 Å². The van der Waals surface area contributed by atoms with E-state index in [-0.39, 0.29) is 6.61 Å². The zero-order valence-electron chi connectivity index (χ0n) is 8.94. The molecule has 1 aromatic heterocycles. The molecule has 0 aliphatic carbocycles. The average molecular weight is 211 g/mol. The van der Waals surface area contributed by atoms with E-state index < -0.39 is 0 Å². The zero-order chi connectivity index (χ0) is 10.9. The van der Waals surface area contributed by atoms with Crippen LogP contribution in [0, 0.1) is 6.92 Å². The van der Waals surface area contributed by atoms with Gasteiger partial charge in [-0.1, -0.05) is 0 Å². The van der Waals surface area contributed by atoms with Crippen LogP contribution < -0.4 is 5.32 Å². The molecule has 5 nitrogen and oxygen atoms in total. The Bertz CT molecular complexity index is 281. The van der Waals surface area contributed by atoms with Crippen molar-refractivity contribution in [3.8, 4) is 0 Å². The Hall–Kier alpha value is -1.20. The van der Waals surface area contributed by atoms with E-state index in [1.807, 2.05) is 13.0 Å². The van der Waals surface area contributed by atoms with E-state index in [4.69, 9.17) is 9.84 Å². The second-order valence-corrected chi connectivity index (χ2v) is 3.16. The molecule has 1 aromatic rings. The second kappa shape index (κ2) is 7.14. The predicted molar refractivity (Wildman–Crippen MR) is 57.8 cm³/mol. The maximum atomic E-state index is 8.47. The summed E-state index contributed by atoms with van der Waals surface area (Å²) in [5, 5.41) is 11.6. The van der Waals surface area contributed by atoms with Crippen molar-refractivity contribution in [2.75, 3.05) is 31.7 Å². The average Bonchev–Trinajstić information content (AvgIpc) is 2.23. The Morgan fingerprint density at radius 3 is 3.00 bits per heavy atom. The standard InChI is InChI=1S/C10H17N3O2/c1-9-7-10(13-8-12-9)11-3-2-5-15-6-4-14/h7-8,14H,2-6H2,1H3,(H,11,12,13). The molecule has 0 fully saturated rings. The molecule has 0 aliphatic heterocycles. The third-order valence-corrected chi connectivity index (χ3v) is 1.81. The third kappa shape index (κ3) is 5.29. The minimum Gasteiger partial charge on any atom is -0.394 e. The SMILES string of the molecule is Cc1cc(NCCCOCCO)ncn1. The van der Waals surface area contributed by atoms with Gasteiger partial charge >= 0.3 is 0 Å². The van der Waals surface area contributed by atoms with Gasteiger partial charge in [-0.25, -0.2) is 9.97 Å². The van der Waals surface area contributed by atoms with Crippen LogP contribution in [-0.2, 0) is 4.74 Å². The smallest absolute Gasteiger partial charge is 0.129 e. The fourth-order valence-electron chi connectivity index (χ4n) is 1.11. The van der Waals surface area contributed by atoms with Crippen LogP contribution >= 0.6 is 0 Å². The maximum Gasteiger partial charge on any atom is 0.129 e. The van der Waals surface area contributed by atoms with Crippen molar-refractivity contribution in [3.63, 3.8) is 0 Å². The largest absolute Gasteiger partial charge is 0.394 e. The molecule has 0 amide bonds. The predicted octanol–water partition coefficient (Wildman–Crippen LogP) is 0.596. The highest BCUT2D eigenvalue weighted by atomic mass is 16.5. The molecule has 0 spiro atoms. The normalized spacial score (nSPS) is 10.3. The molecule has 2 N–H and O–H groups in total. The lowest BCUT2D eigenvalue weighted by molar-refractivity contribution is 0.0922. The van der Waals surface area contributed by atoms with Crippen molar-refractivity contribution in [1.29, 1.82) is 0 Å². The van der Waals surface area contributed by atoms with E-state index in [2.05, 4.69) is 15.3 Å². The summed E-state index contributed by atoms with van der Waals surface area (Å²) < 4.78 is 5.12. The number of nitrogens with one attached hydrogen (secondary N) is 1. The van der Waals surface area contributed by atoms with Crippen LogP contribution in [0.4, 0.5) is 5.82 Å². The van der Waals surface area contributed by atoms with Crippen LogP contribution in [0.3, 0.4) is 0 Å². The molecule has 0 saturated carbocycles. The van der Waals surface area contributed by atoms with Gasteiger partial charge < -0.3 is 15.2 Å². The van der Waals surface area contributed by atoms with Crippen molar-refractivity contribution >= 4 is 5.82 Å². The van der Waals surface area contributed by atoms with Crippen LogP contribution in [-0.4, -0.2) is 41.4 Å². The topological polar surface area (TPSA) is 67.3 Å². The number of rotatable bonds is 7. The summed E-state index contributed by atoms with van der Waals surface area (Å²) in [5.41, 5.74) is 0.948. The summed E-state index contributed by atoms with van der Waals surface area (Å²) in [6.07, 6.45) is 2.43. The Kier molecular flexibility index (Phi) is 5.65. The van der Waals surface area contributed by atoms with Gasteiger partial charge in [0.15, 0.2) is 0 Å². The van der Waals surface area contributed by atoms with Crippen LogP contribution in [0.2, 0.25) is 0 Å². The second-order valence-electron chi connectivity index (χ2n) is 3.16.